The van der Waals surface area contributed by atoms with E-state index >= 15 is 0 Å². The third kappa shape index (κ3) is 3.30. The van der Waals surface area contributed by atoms with Crippen molar-refractivity contribution in [1.29, 1.82) is 0 Å². The number of ether oxygens (including phenoxy) is 1. The molecule has 1 N–H and O–H groups in total. The van der Waals surface area contributed by atoms with Crippen LogP contribution in [0.2, 0.25) is 0 Å². The number of pyridine rings is 1. The summed E-state index contributed by atoms with van der Waals surface area (Å²) in [6.07, 6.45) is 2.18. The molecule has 0 aromatic carbocycles. The molecular weight excluding hydrogens is 250 g/mol. The van der Waals surface area contributed by atoms with E-state index in [4.69, 9.17) is 4.74 Å². The van der Waals surface area contributed by atoms with E-state index in [1.165, 1.54) is 5.69 Å². The van der Waals surface area contributed by atoms with E-state index in [0.717, 1.165) is 25.4 Å². The van der Waals surface area contributed by atoms with E-state index in [-0.39, 0.29) is 11.6 Å². The summed E-state index contributed by atoms with van der Waals surface area (Å²) in [5.74, 6) is 0.477. The minimum Gasteiger partial charge on any atom is -0.373 e. The summed E-state index contributed by atoms with van der Waals surface area (Å²) in [5.41, 5.74) is 2.31. The standard InChI is InChI=1S/C16H27N3O/c1-12(2)14-7-6-13(10-18-14)19-8-9-20-15(11-19)16(3,4)17-5/h6-7,10,12,15,17H,8-9,11H2,1-5H3/t15-/m0/s1. The Bertz CT molecular complexity index is 428. The van der Waals surface area contributed by atoms with Crippen molar-refractivity contribution in [2.24, 2.45) is 0 Å². The average Bonchev–Trinajstić information content (AvgIpc) is 2.47. The Balaban J connectivity index is 2.09. The summed E-state index contributed by atoms with van der Waals surface area (Å²) < 4.78 is 5.92. The van der Waals surface area contributed by atoms with Crippen LogP contribution in [-0.2, 0) is 4.74 Å². The summed E-state index contributed by atoms with van der Waals surface area (Å²) in [6, 6.07) is 4.31. The van der Waals surface area contributed by atoms with Crippen molar-refractivity contribution in [3.63, 3.8) is 0 Å². The van der Waals surface area contributed by atoms with Crippen LogP contribution in [0.3, 0.4) is 0 Å². The van der Waals surface area contributed by atoms with Gasteiger partial charge in [0.05, 0.1) is 24.6 Å². The van der Waals surface area contributed by atoms with Crippen molar-refractivity contribution in [3.8, 4) is 0 Å². The van der Waals surface area contributed by atoms with Gasteiger partial charge in [0, 0.05) is 24.3 Å². The smallest absolute Gasteiger partial charge is 0.0926 e. The number of nitrogens with zero attached hydrogens (tertiary/aromatic N) is 2. The maximum absolute atomic E-state index is 5.92. The summed E-state index contributed by atoms with van der Waals surface area (Å²) in [6.45, 7) is 11.3. The molecule has 1 aliphatic heterocycles. The van der Waals surface area contributed by atoms with Crippen LogP contribution < -0.4 is 10.2 Å². The van der Waals surface area contributed by atoms with Crippen LogP contribution in [0, 0.1) is 0 Å². The molecule has 1 saturated heterocycles. The predicted molar refractivity (Wildman–Crippen MR) is 83.4 cm³/mol. The Morgan fingerprint density at radius 1 is 1.40 bits per heavy atom. The molecule has 1 aromatic rings. The normalized spacial score (nSPS) is 20.5. The second kappa shape index (κ2) is 6.10. The van der Waals surface area contributed by atoms with E-state index in [1.807, 2.05) is 13.2 Å². The summed E-state index contributed by atoms with van der Waals surface area (Å²) >= 11 is 0. The van der Waals surface area contributed by atoms with Gasteiger partial charge in [-0.3, -0.25) is 4.98 Å². The Morgan fingerprint density at radius 3 is 2.70 bits per heavy atom. The fourth-order valence-electron chi connectivity index (χ4n) is 2.41. The molecule has 0 amide bonds. The Labute approximate surface area is 122 Å². The van der Waals surface area contributed by atoms with Gasteiger partial charge in [-0.05, 0) is 38.9 Å². The first-order valence-electron chi connectivity index (χ1n) is 7.45. The van der Waals surface area contributed by atoms with Crippen LogP contribution in [0.5, 0.6) is 0 Å². The molecule has 1 fully saturated rings. The molecule has 1 aliphatic rings. The summed E-state index contributed by atoms with van der Waals surface area (Å²) in [7, 11) is 1.99. The number of hydrogen-bond acceptors (Lipinski definition) is 4. The van der Waals surface area contributed by atoms with Crippen LogP contribution in [0.1, 0.15) is 39.3 Å². The van der Waals surface area contributed by atoms with Crippen LogP contribution in [0.15, 0.2) is 18.3 Å². The molecule has 0 unspecified atom stereocenters. The average molecular weight is 277 g/mol. The fraction of sp³-hybridized carbons (Fsp3) is 0.688. The molecular formula is C16H27N3O. The fourth-order valence-corrected chi connectivity index (χ4v) is 2.41. The number of likely N-dealkylation sites (N-methyl/N-ethyl adjacent to an activating group) is 1. The minimum absolute atomic E-state index is 0.0238. The highest BCUT2D eigenvalue weighted by atomic mass is 16.5. The Kier molecular flexibility index (Phi) is 4.66. The third-order valence-electron chi connectivity index (χ3n) is 4.24. The number of morpholine rings is 1. The van der Waals surface area contributed by atoms with E-state index in [2.05, 4.69) is 55.0 Å². The molecule has 0 bridgehead atoms. The van der Waals surface area contributed by atoms with Gasteiger partial charge in [0.1, 0.15) is 0 Å². The quantitative estimate of drug-likeness (QED) is 0.917. The number of hydrogen-bond donors (Lipinski definition) is 1. The maximum atomic E-state index is 5.92. The van der Waals surface area contributed by atoms with Crippen molar-refractivity contribution < 1.29 is 4.74 Å². The highest BCUT2D eigenvalue weighted by molar-refractivity contribution is 5.45. The first-order valence-corrected chi connectivity index (χ1v) is 7.45. The SMILES string of the molecule is CNC(C)(C)[C@@H]1CN(c2ccc(C(C)C)nc2)CCO1. The van der Waals surface area contributed by atoms with Gasteiger partial charge in [-0.2, -0.15) is 0 Å². The molecule has 2 heterocycles. The molecule has 2 rings (SSSR count). The number of rotatable bonds is 4. The van der Waals surface area contributed by atoms with Gasteiger partial charge in [-0.15, -0.1) is 0 Å². The lowest BCUT2D eigenvalue weighted by molar-refractivity contribution is -0.0103. The van der Waals surface area contributed by atoms with Crippen molar-refractivity contribution in [2.75, 3.05) is 31.6 Å². The van der Waals surface area contributed by atoms with Crippen LogP contribution in [-0.4, -0.2) is 43.4 Å². The second-order valence-electron chi connectivity index (χ2n) is 6.37. The van der Waals surface area contributed by atoms with E-state index in [0.29, 0.717) is 5.92 Å². The Morgan fingerprint density at radius 2 is 2.15 bits per heavy atom. The predicted octanol–water partition coefficient (Wildman–Crippen LogP) is 2.41. The van der Waals surface area contributed by atoms with Gasteiger partial charge in [0.15, 0.2) is 0 Å². The molecule has 0 radical (unpaired) electrons. The minimum atomic E-state index is -0.0238. The molecule has 0 saturated carbocycles. The zero-order valence-electron chi connectivity index (χ0n) is 13.3. The largest absolute Gasteiger partial charge is 0.373 e. The van der Waals surface area contributed by atoms with E-state index < -0.39 is 0 Å². The highest BCUT2D eigenvalue weighted by Crippen LogP contribution is 2.23. The van der Waals surface area contributed by atoms with E-state index in [9.17, 15) is 0 Å². The van der Waals surface area contributed by atoms with Crippen molar-refractivity contribution in [3.05, 3.63) is 24.0 Å². The van der Waals surface area contributed by atoms with Gasteiger partial charge in [0.25, 0.3) is 0 Å². The Hall–Kier alpha value is -1.13. The molecule has 1 aromatic heterocycles. The maximum Gasteiger partial charge on any atom is 0.0926 e. The number of nitrogens with one attached hydrogen (secondary N) is 1. The zero-order valence-corrected chi connectivity index (χ0v) is 13.3. The molecule has 4 nitrogen and oxygen atoms in total. The van der Waals surface area contributed by atoms with E-state index in [1.54, 1.807) is 0 Å². The lowest BCUT2D eigenvalue weighted by atomic mass is 9.96. The third-order valence-corrected chi connectivity index (χ3v) is 4.24. The summed E-state index contributed by atoms with van der Waals surface area (Å²) in [4.78, 5) is 6.93. The van der Waals surface area contributed by atoms with Gasteiger partial charge in [0.2, 0.25) is 0 Å². The van der Waals surface area contributed by atoms with Crippen LogP contribution in [0.4, 0.5) is 5.69 Å². The number of aromatic nitrogens is 1. The van der Waals surface area contributed by atoms with Gasteiger partial charge >= 0.3 is 0 Å². The van der Waals surface area contributed by atoms with Gasteiger partial charge in [-0.1, -0.05) is 13.8 Å². The second-order valence-corrected chi connectivity index (χ2v) is 6.37. The van der Waals surface area contributed by atoms with Gasteiger partial charge in [-0.25, -0.2) is 0 Å². The molecule has 20 heavy (non-hydrogen) atoms. The summed E-state index contributed by atoms with van der Waals surface area (Å²) in [5, 5.41) is 3.34. The lowest BCUT2D eigenvalue weighted by Crippen LogP contribution is -2.57. The van der Waals surface area contributed by atoms with Gasteiger partial charge < -0.3 is 15.0 Å². The molecule has 4 heteroatoms. The van der Waals surface area contributed by atoms with Crippen LogP contribution in [0.25, 0.3) is 0 Å². The monoisotopic (exact) mass is 277 g/mol. The molecule has 0 spiro atoms. The van der Waals surface area contributed by atoms with Crippen molar-refractivity contribution in [1.82, 2.24) is 10.3 Å². The highest BCUT2D eigenvalue weighted by Gasteiger charge is 2.33. The zero-order chi connectivity index (χ0) is 14.8. The lowest BCUT2D eigenvalue weighted by Gasteiger charge is -2.42. The van der Waals surface area contributed by atoms with Crippen molar-refractivity contribution in [2.45, 2.75) is 45.3 Å². The first kappa shape index (κ1) is 15.3. The topological polar surface area (TPSA) is 37.4 Å². The number of anilines is 1. The molecule has 1 atom stereocenters. The molecule has 112 valence electrons. The van der Waals surface area contributed by atoms with Crippen molar-refractivity contribution >= 4 is 5.69 Å². The van der Waals surface area contributed by atoms with Crippen LogP contribution >= 0.6 is 0 Å². The molecule has 0 aliphatic carbocycles. The first-order chi connectivity index (χ1) is 9.44.